The lowest BCUT2D eigenvalue weighted by Crippen LogP contribution is -2.14. The molecule has 1 heterocycles. The van der Waals surface area contributed by atoms with Crippen LogP contribution in [0.2, 0.25) is 5.02 Å². The Morgan fingerprint density at radius 1 is 0.933 bits per heavy atom. The van der Waals surface area contributed by atoms with Crippen LogP contribution in [0.3, 0.4) is 0 Å². The SMILES string of the molecule is Cc1ccc(N[C@H](c2nnc(-c3cccc(F)c3)o2)c2ccc(F)cc2Cl)cc1F. The highest BCUT2D eigenvalue weighted by Crippen LogP contribution is 2.33. The molecule has 1 N–H and O–H groups in total. The molecule has 0 bridgehead atoms. The Hall–Kier alpha value is -3.32. The number of hydrogen-bond acceptors (Lipinski definition) is 4. The number of nitrogens with one attached hydrogen (secondary N) is 1. The minimum Gasteiger partial charge on any atom is -0.418 e. The van der Waals surface area contributed by atoms with Crippen LogP contribution in [0.4, 0.5) is 18.9 Å². The molecule has 1 atom stereocenters. The lowest BCUT2D eigenvalue weighted by Gasteiger charge is -2.18. The fourth-order valence-electron chi connectivity index (χ4n) is 2.95. The topological polar surface area (TPSA) is 51.0 Å². The minimum atomic E-state index is -0.796. The van der Waals surface area contributed by atoms with Gasteiger partial charge in [0.1, 0.15) is 23.5 Å². The zero-order valence-corrected chi connectivity index (χ0v) is 16.4. The summed E-state index contributed by atoms with van der Waals surface area (Å²) in [6.45, 7) is 1.65. The molecule has 152 valence electrons. The fraction of sp³-hybridized carbons (Fsp3) is 0.0909. The molecule has 0 saturated carbocycles. The highest BCUT2D eigenvalue weighted by atomic mass is 35.5. The minimum absolute atomic E-state index is 0.101. The predicted molar refractivity (Wildman–Crippen MR) is 108 cm³/mol. The first kappa shape index (κ1) is 20.0. The van der Waals surface area contributed by atoms with Crippen molar-refractivity contribution in [3.63, 3.8) is 0 Å². The van der Waals surface area contributed by atoms with Gasteiger partial charge in [0.05, 0.1) is 0 Å². The third-order valence-corrected chi connectivity index (χ3v) is 4.84. The molecule has 8 heteroatoms. The first-order valence-corrected chi connectivity index (χ1v) is 9.35. The number of nitrogens with zero attached hydrogens (tertiary/aromatic N) is 2. The van der Waals surface area contributed by atoms with Crippen molar-refractivity contribution in [2.75, 3.05) is 5.32 Å². The average molecular weight is 430 g/mol. The van der Waals surface area contributed by atoms with Crippen LogP contribution in [-0.4, -0.2) is 10.2 Å². The molecule has 0 aliphatic heterocycles. The molecule has 4 aromatic rings. The van der Waals surface area contributed by atoms with E-state index in [9.17, 15) is 13.2 Å². The monoisotopic (exact) mass is 429 g/mol. The molecule has 3 aromatic carbocycles. The molecule has 1 aromatic heterocycles. The van der Waals surface area contributed by atoms with Gasteiger partial charge in [-0.1, -0.05) is 29.8 Å². The maximum Gasteiger partial charge on any atom is 0.247 e. The van der Waals surface area contributed by atoms with Crippen LogP contribution >= 0.6 is 11.6 Å². The summed E-state index contributed by atoms with van der Waals surface area (Å²) in [4.78, 5) is 0. The number of rotatable bonds is 5. The van der Waals surface area contributed by atoms with Crippen molar-refractivity contribution in [1.82, 2.24) is 10.2 Å². The molecule has 30 heavy (non-hydrogen) atoms. The van der Waals surface area contributed by atoms with Crippen LogP contribution in [0.25, 0.3) is 11.5 Å². The van der Waals surface area contributed by atoms with Gasteiger partial charge in [0, 0.05) is 21.8 Å². The first-order chi connectivity index (χ1) is 14.4. The molecule has 0 aliphatic carbocycles. The highest BCUT2D eigenvalue weighted by Gasteiger charge is 2.24. The average Bonchev–Trinajstić information content (AvgIpc) is 3.19. The molecule has 0 radical (unpaired) electrons. The van der Waals surface area contributed by atoms with Gasteiger partial charge in [-0.3, -0.25) is 0 Å². The smallest absolute Gasteiger partial charge is 0.247 e. The van der Waals surface area contributed by atoms with Crippen LogP contribution in [0.15, 0.2) is 65.1 Å². The van der Waals surface area contributed by atoms with E-state index >= 15 is 0 Å². The van der Waals surface area contributed by atoms with Crippen molar-refractivity contribution in [3.05, 3.63) is 100 Å². The largest absolute Gasteiger partial charge is 0.418 e. The molecule has 0 unspecified atom stereocenters. The number of hydrogen-bond donors (Lipinski definition) is 1. The molecule has 0 amide bonds. The van der Waals surface area contributed by atoms with E-state index in [1.807, 2.05) is 0 Å². The van der Waals surface area contributed by atoms with Crippen molar-refractivity contribution in [2.45, 2.75) is 13.0 Å². The van der Waals surface area contributed by atoms with Crippen LogP contribution < -0.4 is 5.32 Å². The summed E-state index contributed by atoms with van der Waals surface area (Å²) in [5.74, 6) is -1.14. The van der Waals surface area contributed by atoms with Gasteiger partial charge < -0.3 is 9.73 Å². The summed E-state index contributed by atoms with van der Waals surface area (Å²) in [7, 11) is 0. The fourth-order valence-corrected chi connectivity index (χ4v) is 3.22. The Morgan fingerprint density at radius 3 is 2.47 bits per heavy atom. The van der Waals surface area contributed by atoms with E-state index < -0.39 is 23.5 Å². The maximum atomic E-state index is 14.0. The Balaban J connectivity index is 1.76. The maximum absolute atomic E-state index is 14.0. The van der Waals surface area contributed by atoms with Crippen molar-refractivity contribution in [2.24, 2.45) is 0 Å². The Morgan fingerprint density at radius 2 is 1.73 bits per heavy atom. The standard InChI is InChI=1S/C22H15ClF3N3O/c1-12-5-7-16(11-19(12)26)27-20(17-8-6-15(25)10-18(17)23)22-29-28-21(30-22)13-3-2-4-14(24)9-13/h2-11,20,27H,1H3/t20-/m0/s1. The molecule has 0 aliphatic rings. The Labute approximate surface area is 175 Å². The van der Waals surface area contributed by atoms with Gasteiger partial charge >= 0.3 is 0 Å². The molecule has 4 nitrogen and oxygen atoms in total. The number of benzene rings is 3. The van der Waals surface area contributed by atoms with Crippen LogP contribution in [-0.2, 0) is 0 Å². The van der Waals surface area contributed by atoms with E-state index in [4.69, 9.17) is 16.0 Å². The van der Waals surface area contributed by atoms with E-state index in [0.717, 1.165) is 6.07 Å². The number of halogens is 4. The van der Waals surface area contributed by atoms with E-state index in [2.05, 4.69) is 15.5 Å². The van der Waals surface area contributed by atoms with Gasteiger partial charge in [0.2, 0.25) is 11.8 Å². The number of anilines is 1. The van der Waals surface area contributed by atoms with Gasteiger partial charge in [-0.2, -0.15) is 0 Å². The second-order valence-corrected chi connectivity index (χ2v) is 7.07. The lowest BCUT2D eigenvalue weighted by atomic mass is 10.1. The molecular formula is C22H15ClF3N3O. The third-order valence-electron chi connectivity index (χ3n) is 4.52. The van der Waals surface area contributed by atoms with Crippen molar-refractivity contribution in [1.29, 1.82) is 0 Å². The summed E-state index contributed by atoms with van der Waals surface area (Å²) in [5.41, 5.74) is 1.78. The summed E-state index contributed by atoms with van der Waals surface area (Å²) in [5, 5.41) is 11.3. The summed E-state index contributed by atoms with van der Waals surface area (Å²) < 4.78 is 46.9. The first-order valence-electron chi connectivity index (χ1n) is 8.97. The third kappa shape index (κ3) is 4.16. The van der Waals surface area contributed by atoms with Gasteiger partial charge in [-0.25, -0.2) is 13.2 Å². The van der Waals surface area contributed by atoms with E-state index in [1.54, 1.807) is 25.1 Å². The zero-order chi connectivity index (χ0) is 21.3. The summed E-state index contributed by atoms with van der Waals surface area (Å²) in [6, 6.07) is 13.4. The quantitative estimate of drug-likeness (QED) is 0.403. The van der Waals surface area contributed by atoms with Crippen molar-refractivity contribution < 1.29 is 17.6 Å². The predicted octanol–water partition coefficient (Wildman–Crippen LogP) is 6.32. The molecule has 0 fully saturated rings. The Bertz CT molecular complexity index is 1210. The van der Waals surface area contributed by atoms with Crippen molar-refractivity contribution in [3.8, 4) is 11.5 Å². The van der Waals surface area contributed by atoms with Crippen LogP contribution in [0.5, 0.6) is 0 Å². The molecule has 0 saturated heterocycles. The Kier molecular flexibility index (Phi) is 5.46. The van der Waals surface area contributed by atoms with E-state index in [0.29, 0.717) is 22.4 Å². The highest BCUT2D eigenvalue weighted by molar-refractivity contribution is 6.31. The van der Waals surface area contributed by atoms with E-state index in [-0.39, 0.29) is 16.8 Å². The van der Waals surface area contributed by atoms with Gasteiger partial charge in [0.15, 0.2) is 0 Å². The van der Waals surface area contributed by atoms with Gasteiger partial charge in [-0.15, -0.1) is 10.2 Å². The van der Waals surface area contributed by atoms with E-state index in [1.165, 1.54) is 36.4 Å². The molecule has 0 spiro atoms. The molecule has 4 rings (SSSR count). The number of aromatic nitrogens is 2. The van der Waals surface area contributed by atoms with Crippen LogP contribution in [0.1, 0.15) is 23.1 Å². The number of aryl methyl sites for hydroxylation is 1. The zero-order valence-electron chi connectivity index (χ0n) is 15.7. The lowest BCUT2D eigenvalue weighted by molar-refractivity contribution is 0.493. The molecular weight excluding hydrogens is 415 g/mol. The van der Waals surface area contributed by atoms with Gasteiger partial charge in [-0.05, 0) is 55.0 Å². The normalized spacial score (nSPS) is 12.0. The van der Waals surface area contributed by atoms with Crippen LogP contribution in [0, 0.1) is 24.4 Å². The van der Waals surface area contributed by atoms with Crippen molar-refractivity contribution >= 4 is 17.3 Å². The van der Waals surface area contributed by atoms with Gasteiger partial charge in [0.25, 0.3) is 0 Å². The summed E-state index contributed by atoms with van der Waals surface area (Å²) >= 11 is 6.25. The second-order valence-electron chi connectivity index (χ2n) is 6.66. The second kappa shape index (κ2) is 8.20. The summed E-state index contributed by atoms with van der Waals surface area (Å²) in [6.07, 6.45) is 0.